The Labute approximate surface area is 136 Å². The molecule has 2 fully saturated rings. The van der Waals surface area contributed by atoms with Gasteiger partial charge in [-0.3, -0.25) is 10.00 Å². The summed E-state index contributed by atoms with van der Waals surface area (Å²) in [5.74, 6) is 1.01. The van der Waals surface area contributed by atoms with Gasteiger partial charge in [-0.2, -0.15) is 5.10 Å². The van der Waals surface area contributed by atoms with Crippen LogP contribution in [0.2, 0.25) is 0 Å². The molecule has 0 amide bonds. The molecule has 0 bridgehead atoms. The van der Waals surface area contributed by atoms with Crippen molar-refractivity contribution in [1.82, 2.24) is 15.1 Å². The van der Waals surface area contributed by atoms with E-state index in [1.165, 1.54) is 18.4 Å². The van der Waals surface area contributed by atoms with Gasteiger partial charge in [0.1, 0.15) is 11.9 Å². The van der Waals surface area contributed by atoms with Crippen LogP contribution in [0.25, 0.3) is 10.9 Å². The van der Waals surface area contributed by atoms with Crippen LogP contribution in [0.3, 0.4) is 0 Å². The zero-order chi connectivity index (χ0) is 15.6. The zero-order valence-electron chi connectivity index (χ0n) is 13.8. The SMILES string of the molecule is Cc1c(OC2CCCC(N3CCOCC3)C2)ccc2[nH]ncc12. The van der Waals surface area contributed by atoms with E-state index in [4.69, 9.17) is 9.47 Å². The van der Waals surface area contributed by atoms with Crippen molar-refractivity contribution in [3.63, 3.8) is 0 Å². The van der Waals surface area contributed by atoms with Crippen LogP contribution in [0.5, 0.6) is 5.75 Å². The lowest BCUT2D eigenvalue weighted by Gasteiger charge is -2.39. The third kappa shape index (κ3) is 3.08. The first-order chi connectivity index (χ1) is 11.3. The molecular weight excluding hydrogens is 290 g/mol. The van der Waals surface area contributed by atoms with Gasteiger partial charge in [-0.05, 0) is 44.7 Å². The average Bonchev–Trinajstić information content (AvgIpc) is 3.08. The number of fused-ring (bicyclic) bond motifs is 1. The number of nitrogens with zero attached hydrogens (tertiary/aromatic N) is 2. The smallest absolute Gasteiger partial charge is 0.123 e. The number of aryl methyl sites for hydroxylation is 1. The number of ether oxygens (including phenoxy) is 2. The summed E-state index contributed by atoms with van der Waals surface area (Å²) >= 11 is 0. The van der Waals surface area contributed by atoms with Gasteiger partial charge < -0.3 is 9.47 Å². The summed E-state index contributed by atoms with van der Waals surface area (Å²) in [4.78, 5) is 2.59. The fraction of sp³-hybridized carbons (Fsp3) is 0.611. The Morgan fingerprint density at radius 1 is 1.26 bits per heavy atom. The zero-order valence-corrected chi connectivity index (χ0v) is 13.8. The number of aromatic amines is 1. The minimum Gasteiger partial charge on any atom is -0.490 e. The van der Waals surface area contributed by atoms with Crippen LogP contribution in [0.4, 0.5) is 0 Å². The second-order valence-corrected chi connectivity index (χ2v) is 6.73. The molecule has 1 aliphatic carbocycles. The van der Waals surface area contributed by atoms with Crippen LogP contribution < -0.4 is 4.74 Å². The summed E-state index contributed by atoms with van der Waals surface area (Å²) < 4.78 is 11.9. The van der Waals surface area contributed by atoms with E-state index in [9.17, 15) is 0 Å². The largest absolute Gasteiger partial charge is 0.490 e. The highest BCUT2D eigenvalue weighted by molar-refractivity contribution is 5.83. The van der Waals surface area contributed by atoms with Gasteiger partial charge in [0, 0.05) is 30.1 Å². The summed E-state index contributed by atoms with van der Waals surface area (Å²) in [7, 11) is 0. The molecule has 0 radical (unpaired) electrons. The van der Waals surface area contributed by atoms with Gasteiger partial charge in [0.05, 0.1) is 24.9 Å². The molecule has 4 rings (SSSR count). The molecule has 2 atom stereocenters. The molecule has 23 heavy (non-hydrogen) atoms. The molecule has 2 aromatic rings. The Morgan fingerprint density at radius 3 is 3.00 bits per heavy atom. The second kappa shape index (κ2) is 6.49. The number of benzene rings is 1. The predicted octanol–water partition coefficient (Wildman–Crippen LogP) is 2.89. The van der Waals surface area contributed by atoms with Gasteiger partial charge in [-0.25, -0.2) is 0 Å². The molecule has 2 heterocycles. The highest BCUT2D eigenvalue weighted by Gasteiger charge is 2.29. The van der Waals surface area contributed by atoms with Crippen molar-refractivity contribution in [2.45, 2.75) is 44.8 Å². The summed E-state index contributed by atoms with van der Waals surface area (Å²) in [5.41, 5.74) is 2.26. The summed E-state index contributed by atoms with van der Waals surface area (Å²) in [6, 6.07) is 4.79. The van der Waals surface area contributed by atoms with E-state index >= 15 is 0 Å². The van der Waals surface area contributed by atoms with E-state index in [1.807, 2.05) is 6.20 Å². The molecule has 2 aliphatic rings. The maximum absolute atomic E-state index is 6.39. The number of rotatable bonds is 3. The van der Waals surface area contributed by atoms with Gasteiger partial charge in [0.15, 0.2) is 0 Å². The number of nitrogens with one attached hydrogen (secondary N) is 1. The van der Waals surface area contributed by atoms with Crippen LogP contribution >= 0.6 is 0 Å². The standard InChI is InChI=1S/C18H25N3O2/c1-13-16-12-19-20-17(16)5-6-18(13)23-15-4-2-3-14(11-15)21-7-9-22-10-8-21/h5-6,12,14-15H,2-4,7-11H2,1H3,(H,19,20). The van der Waals surface area contributed by atoms with Crippen LogP contribution in [0, 0.1) is 6.92 Å². The minimum atomic E-state index is 0.319. The monoisotopic (exact) mass is 315 g/mol. The third-order valence-electron chi connectivity index (χ3n) is 5.30. The van der Waals surface area contributed by atoms with Crippen LogP contribution in [0.1, 0.15) is 31.2 Å². The molecule has 1 aromatic heterocycles. The molecule has 1 aliphatic heterocycles. The Balaban J connectivity index is 1.45. The molecule has 2 unspecified atom stereocenters. The lowest BCUT2D eigenvalue weighted by molar-refractivity contribution is -0.00602. The van der Waals surface area contributed by atoms with Crippen molar-refractivity contribution in [3.05, 3.63) is 23.9 Å². The molecule has 124 valence electrons. The molecule has 1 aromatic carbocycles. The van der Waals surface area contributed by atoms with Crippen molar-refractivity contribution in [2.24, 2.45) is 0 Å². The molecule has 0 spiro atoms. The van der Waals surface area contributed by atoms with Gasteiger partial charge in [0.2, 0.25) is 0 Å². The summed E-state index contributed by atoms with van der Waals surface area (Å²) in [5, 5.41) is 8.30. The number of morpholine rings is 1. The Bertz CT molecular complexity index is 663. The maximum atomic E-state index is 6.39. The van der Waals surface area contributed by atoms with Crippen LogP contribution in [-0.4, -0.2) is 53.5 Å². The number of hydrogen-bond donors (Lipinski definition) is 1. The summed E-state index contributed by atoms with van der Waals surface area (Å²) in [6.45, 7) is 6.00. The number of aromatic nitrogens is 2. The maximum Gasteiger partial charge on any atom is 0.123 e. The van der Waals surface area contributed by atoms with Crippen LogP contribution in [0.15, 0.2) is 18.3 Å². The molecule has 5 heteroatoms. The molecule has 5 nitrogen and oxygen atoms in total. The topological polar surface area (TPSA) is 50.4 Å². The lowest BCUT2D eigenvalue weighted by Crippen LogP contribution is -2.47. The molecule has 1 saturated carbocycles. The van der Waals surface area contributed by atoms with E-state index in [0.717, 1.165) is 55.8 Å². The van der Waals surface area contributed by atoms with Crippen molar-refractivity contribution in [2.75, 3.05) is 26.3 Å². The van der Waals surface area contributed by atoms with Crippen molar-refractivity contribution >= 4 is 10.9 Å². The number of H-pyrrole nitrogens is 1. The predicted molar refractivity (Wildman–Crippen MR) is 89.9 cm³/mol. The second-order valence-electron chi connectivity index (χ2n) is 6.73. The van der Waals surface area contributed by atoms with Crippen molar-refractivity contribution in [3.8, 4) is 5.75 Å². The highest BCUT2D eigenvalue weighted by Crippen LogP contribution is 2.31. The quantitative estimate of drug-likeness (QED) is 0.946. The van der Waals surface area contributed by atoms with Crippen molar-refractivity contribution < 1.29 is 9.47 Å². The fourth-order valence-electron chi connectivity index (χ4n) is 3.95. The van der Waals surface area contributed by atoms with E-state index in [1.54, 1.807) is 0 Å². The Hall–Kier alpha value is -1.59. The van der Waals surface area contributed by atoms with Gasteiger partial charge >= 0.3 is 0 Å². The van der Waals surface area contributed by atoms with Gasteiger partial charge in [-0.1, -0.05) is 0 Å². The van der Waals surface area contributed by atoms with E-state index in [-0.39, 0.29) is 0 Å². The van der Waals surface area contributed by atoms with E-state index < -0.39 is 0 Å². The molecular formula is C18H25N3O2. The first-order valence-corrected chi connectivity index (χ1v) is 8.72. The number of hydrogen-bond acceptors (Lipinski definition) is 4. The van der Waals surface area contributed by atoms with Crippen LogP contribution in [-0.2, 0) is 4.74 Å². The lowest BCUT2D eigenvalue weighted by atomic mass is 9.91. The Kier molecular flexibility index (Phi) is 4.23. The van der Waals surface area contributed by atoms with Gasteiger partial charge in [0.25, 0.3) is 0 Å². The fourth-order valence-corrected chi connectivity index (χ4v) is 3.95. The third-order valence-corrected chi connectivity index (χ3v) is 5.30. The average molecular weight is 315 g/mol. The van der Waals surface area contributed by atoms with E-state index in [2.05, 4.69) is 34.2 Å². The van der Waals surface area contributed by atoms with E-state index in [0.29, 0.717) is 12.1 Å². The minimum absolute atomic E-state index is 0.319. The van der Waals surface area contributed by atoms with Crippen molar-refractivity contribution in [1.29, 1.82) is 0 Å². The normalized spacial score (nSPS) is 26.5. The molecule has 1 N–H and O–H groups in total. The first-order valence-electron chi connectivity index (χ1n) is 8.72. The Morgan fingerprint density at radius 2 is 2.13 bits per heavy atom. The summed E-state index contributed by atoms with van der Waals surface area (Å²) in [6.07, 6.45) is 7.03. The van der Waals surface area contributed by atoms with Gasteiger partial charge in [-0.15, -0.1) is 0 Å². The molecule has 1 saturated heterocycles. The highest BCUT2D eigenvalue weighted by atomic mass is 16.5. The first kappa shape index (κ1) is 15.0.